The minimum absolute atomic E-state index is 0.00543. The number of carbonyl (C=O) groups excluding carboxylic acids is 4. The number of halogens is 3. The fourth-order valence-corrected chi connectivity index (χ4v) is 10.4. The summed E-state index contributed by atoms with van der Waals surface area (Å²) in [6.07, 6.45) is 2.92. The largest absolute Gasteiger partial charge is 0.387 e. The van der Waals surface area contributed by atoms with Crippen LogP contribution in [0.4, 0.5) is 24.5 Å². The van der Waals surface area contributed by atoms with Crippen molar-refractivity contribution in [1.82, 2.24) is 29.4 Å². The van der Waals surface area contributed by atoms with Crippen molar-refractivity contribution in [2.24, 2.45) is 0 Å². The van der Waals surface area contributed by atoms with Crippen molar-refractivity contribution >= 4 is 56.1 Å². The molecule has 0 spiro atoms. The number of nitrogens with zero attached hydrogens (tertiary/aromatic N) is 5. The number of hydrogen-bond acceptors (Lipinski definition) is 10. The van der Waals surface area contributed by atoms with E-state index in [0.29, 0.717) is 34.3 Å². The number of rotatable bonds is 11. The average Bonchev–Trinajstić information content (AvgIpc) is 3.99. The van der Waals surface area contributed by atoms with E-state index in [4.69, 9.17) is 0 Å². The molecule has 15 nitrogen and oxygen atoms in total. The molecule has 4 N–H and O–H groups in total. The number of H-pyrrole nitrogens is 1. The highest BCUT2D eigenvalue weighted by Crippen LogP contribution is 2.33. The number of amides is 3. The third-order valence-electron chi connectivity index (χ3n) is 12.5. The molecule has 3 atom stereocenters. The number of anilines is 2. The van der Waals surface area contributed by atoms with Crippen LogP contribution in [0.3, 0.4) is 0 Å². The van der Waals surface area contributed by atoms with Gasteiger partial charge in [0.1, 0.15) is 23.7 Å². The Balaban J connectivity index is 0.821. The van der Waals surface area contributed by atoms with Crippen molar-refractivity contribution < 1.29 is 45.9 Å². The molecule has 334 valence electrons. The summed E-state index contributed by atoms with van der Waals surface area (Å²) in [6.45, 7) is 3.23. The Morgan fingerprint density at radius 3 is 2.42 bits per heavy atom. The predicted octanol–water partition coefficient (Wildman–Crippen LogP) is 4.84. The fraction of sp³-hybridized carbons (Fsp3) is 0.356. The summed E-state index contributed by atoms with van der Waals surface area (Å²) >= 11 is 0. The van der Waals surface area contributed by atoms with Crippen LogP contribution >= 0.6 is 0 Å². The molecule has 64 heavy (non-hydrogen) atoms. The van der Waals surface area contributed by atoms with E-state index < -0.39 is 69.6 Å². The van der Waals surface area contributed by atoms with Gasteiger partial charge < -0.3 is 24.8 Å². The van der Waals surface area contributed by atoms with Gasteiger partial charge in [0.05, 0.1) is 17.4 Å². The topological polar surface area (TPSA) is 188 Å². The third-order valence-corrected chi connectivity index (χ3v) is 14.0. The zero-order valence-corrected chi connectivity index (χ0v) is 35.3. The van der Waals surface area contributed by atoms with Crippen LogP contribution in [0.15, 0.2) is 73.1 Å². The van der Waals surface area contributed by atoms with Crippen molar-refractivity contribution in [1.29, 1.82) is 0 Å². The molecule has 3 aromatic carbocycles. The maximum Gasteiger partial charge on any atom is 0.301 e. The molecule has 19 heteroatoms. The van der Waals surface area contributed by atoms with Crippen molar-refractivity contribution in [2.45, 2.75) is 57.0 Å². The van der Waals surface area contributed by atoms with Crippen LogP contribution in [0.1, 0.15) is 75.6 Å². The molecule has 3 fully saturated rings. The Morgan fingerprint density at radius 2 is 1.70 bits per heavy atom. The number of aromatic nitrogens is 2. The van der Waals surface area contributed by atoms with Gasteiger partial charge in [-0.15, -0.1) is 0 Å². The van der Waals surface area contributed by atoms with E-state index in [2.05, 4.69) is 25.1 Å². The molecule has 5 aromatic rings. The number of imide groups is 1. The number of benzene rings is 3. The van der Waals surface area contributed by atoms with Crippen LogP contribution in [0.2, 0.25) is 0 Å². The van der Waals surface area contributed by atoms with Gasteiger partial charge in [-0.25, -0.2) is 18.2 Å². The van der Waals surface area contributed by atoms with E-state index in [0.717, 1.165) is 72.3 Å². The molecule has 3 amide bonds. The number of hydrogen-bond donors (Lipinski definition) is 4. The predicted molar refractivity (Wildman–Crippen MR) is 230 cm³/mol. The number of aliphatic hydroxyl groups is 1. The van der Waals surface area contributed by atoms with Crippen LogP contribution in [0.25, 0.3) is 22.2 Å². The lowest BCUT2D eigenvalue weighted by Gasteiger charge is -2.32. The van der Waals surface area contributed by atoms with E-state index in [9.17, 15) is 37.1 Å². The molecule has 3 saturated heterocycles. The lowest BCUT2D eigenvalue weighted by atomic mass is 9.99. The molecular formula is C45H45F3N8O7S. The second kappa shape index (κ2) is 17.4. The first kappa shape index (κ1) is 43.1. The summed E-state index contributed by atoms with van der Waals surface area (Å²) in [5, 5.41) is 13.9. The highest BCUT2D eigenvalue weighted by Gasteiger charge is 2.39. The second-order valence-electron chi connectivity index (χ2n) is 16.7. The lowest BCUT2D eigenvalue weighted by molar-refractivity contribution is -0.136. The zero-order valence-electron chi connectivity index (χ0n) is 34.5. The molecule has 4 aliphatic rings. The SMILES string of the molecule is O=C1CCC(N2Cc3cc([C@@H](O)CN4CCCN(c5ccc(-c6cnc7[nH]cc(C(=O)c8c(F)ccc(NS(=O)(=O)N9CC[C@@H](F)C9)c8F)c7c6)cc5)CCC4)ccc3C2=O)C(=O)N1. The van der Waals surface area contributed by atoms with Crippen LogP contribution in [-0.2, 0) is 26.3 Å². The standard InChI is InChI=1S/C45H45F3N8O7S/c46-30-13-18-55(24-30)64(62,63)52-36-10-9-35(47)40(41(36)48)42(59)34-22-50-43-33(34)20-28(21-49-43)26-3-6-31(7-4-26)54-16-1-14-53(15-2-17-54)25-38(57)27-5-8-32-29(19-27)23-56(45(32)61)37-11-12-39(58)51-44(37)60/h3-10,19-22,30,37-38,52,57H,1-2,11-18,23-25H2,(H,49,50)(H,51,58,60)/t30-,37?,38+/m1/s1. The first-order valence-corrected chi connectivity index (χ1v) is 22.6. The minimum Gasteiger partial charge on any atom is -0.387 e. The number of β-amino-alcohol motifs (C(OH)–C–C–N with tert-alkyl or cyclic N) is 1. The Kier molecular flexibility index (Phi) is 11.7. The second-order valence-corrected chi connectivity index (χ2v) is 18.3. The Labute approximate surface area is 366 Å². The van der Waals surface area contributed by atoms with E-state index in [1.54, 1.807) is 24.4 Å². The fourth-order valence-electron chi connectivity index (χ4n) is 9.08. The summed E-state index contributed by atoms with van der Waals surface area (Å²) in [4.78, 5) is 64.3. The van der Waals surface area contributed by atoms with E-state index >= 15 is 8.78 Å². The Hall–Kier alpha value is -6.15. The number of pyridine rings is 1. The number of aromatic amines is 1. The minimum atomic E-state index is -4.37. The number of nitrogens with one attached hydrogen (secondary N) is 3. The van der Waals surface area contributed by atoms with Gasteiger partial charge in [-0.05, 0) is 91.9 Å². The van der Waals surface area contributed by atoms with Crippen LogP contribution in [0.5, 0.6) is 0 Å². The smallest absolute Gasteiger partial charge is 0.301 e. The van der Waals surface area contributed by atoms with Crippen LogP contribution in [-0.4, -0.2) is 119 Å². The molecule has 0 bridgehead atoms. The number of alkyl halides is 1. The molecule has 0 saturated carbocycles. The third kappa shape index (κ3) is 8.47. The highest BCUT2D eigenvalue weighted by molar-refractivity contribution is 7.90. The maximum absolute atomic E-state index is 15.8. The van der Waals surface area contributed by atoms with Gasteiger partial charge in [-0.2, -0.15) is 12.7 Å². The van der Waals surface area contributed by atoms with Crippen molar-refractivity contribution in [2.75, 3.05) is 55.4 Å². The van der Waals surface area contributed by atoms with Gasteiger partial charge in [0, 0.05) is 85.8 Å². The molecular weight excluding hydrogens is 854 g/mol. The van der Waals surface area contributed by atoms with Crippen LogP contribution in [0, 0.1) is 11.6 Å². The summed E-state index contributed by atoms with van der Waals surface area (Å²) in [7, 11) is -4.37. The first-order valence-electron chi connectivity index (χ1n) is 21.2. The lowest BCUT2D eigenvalue weighted by Crippen LogP contribution is -2.52. The summed E-state index contributed by atoms with van der Waals surface area (Å²) in [5.74, 6) is -4.66. The molecule has 0 radical (unpaired) electrons. The molecule has 0 aliphatic carbocycles. The number of aliphatic hydroxyl groups excluding tert-OH is 1. The van der Waals surface area contributed by atoms with Crippen molar-refractivity contribution in [3.63, 3.8) is 0 Å². The van der Waals surface area contributed by atoms with E-state index in [1.165, 1.54) is 11.1 Å². The number of carbonyl (C=O) groups is 4. The molecule has 2 aromatic heterocycles. The van der Waals surface area contributed by atoms with Gasteiger partial charge in [0.2, 0.25) is 17.6 Å². The molecule has 6 heterocycles. The van der Waals surface area contributed by atoms with E-state index in [1.807, 2.05) is 35.1 Å². The number of ketones is 1. The van der Waals surface area contributed by atoms with E-state index in [-0.39, 0.29) is 49.7 Å². The molecule has 1 unspecified atom stereocenters. The summed E-state index contributed by atoms with van der Waals surface area (Å²) in [5.41, 5.74) is 3.04. The average molecular weight is 899 g/mol. The van der Waals surface area contributed by atoms with Gasteiger partial charge >= 0.3 is 10.2 Å². The van der Waals surface area contributed by atoms with Gasteiger partial charge in [-0.1, -0.05) is 24.3 Å². The van der Waals surface area contributed by atoms with Gasteiger partial charge in [0.15, 0.2) is 5.82 Å². The summed E-state index contributed by atoms with van der Waals surface area (Å²) < 4.78 is 73.1. The maximum atomic E-state index is 15.8. The zero-order chi connectivity index (χ0) is 44.9. The first-order chi connectivity index (χ1) is 30.7. The van der Waals surface area contributed by atoms with Gasteiger partial charge in [-0.3, -0.25) is 29.2 Å². The molecule has 4 aliphatic heterocycles. The molecule has 9 rings (SSSR count). The number of piperidine rings is 1. The van der Waals surface area contributed by atoms with Crippen LogP contribution < -0.4 is 14.9 Å². The Morgan fingerprint density at radius 1 is 0.938 bits per heavy atom. The number of fused-ring (bicyclic) bond motifs is 2. The Bertz CT molecular complexity index is 2780. The monoisotopic (exact) mass is 898 g/mol. The summed E-state index contributed by atoms with van der Waals surface area (Å²) in [6, 6.07) is 15.8. The quantitative estimate of drug-likeness (QED) is 0.106. The highest BCUT2D eigenvalue weighted by atomic mass is 32.2. The van der Waals surface area contributed by atoms with Gasteiger partial charge in [0.25, 0.3) is 5.91 Å². The van der Waals surface area contributed by atoms with Crippen molar-refractivity contribution in [3.05, 3.63) is 113 Å². The van der Waals surface area contributed by atoms with Crippen molar-refractivity contribution in [3.8, 4) is 11.1 Å². The normalized spacial score (nSPS) is 20.6.